The lowest BCUT2D eigenvalue weighted by Crippen LogP contribution is -2.22. The zero-order valence-electron chi connectivity index (χ0n) is 6.33. The molecule has 0 radical (unpaired) electrons. The summed E-state index contributed by atoms with van der Waals surface area (Å²) in [6.45, 7) is 6.96. The summed E-state index contributed by atoms with van der Waals surface area (Å²) in [6, 6.07) is 2.32. The highest BCUT2D eigenvalue weighted by atomic mass is 14.8. The fraction of sp³-hybridized carbons (Fsp3) is 0.778. The summed E-state index contributed by atoms with van der Waals surface area (Å²) in [4.78, 5) is 3.55. The van der Waals surface area contributed by atoms with Crippen LogP contribution >= 0.6 is 0 Å². The molecule has 11 heavy (non-hydrogen) atoms. The Balaban J connectivity index is 2.24. The van der Waals surface area contributed by atoms with Crippen molar-refractivity contribution in [3.8, 4) is 6.07 Å². The standard InChI is InChI=1S/C9H10N2/c1-11-9-7-3-2-6(4-7)8(9)5-10/h6-9H,2-4H2. The second kappa shape index (κ2) is 2.24. The van der Waals surface area contributed by atoms with E-state index in [9.17, 15) is 0 Å². The zero-order valence-corrected chi connectivity index (χ0v) is 6.33. The normalized spacial score (nSPS) is 46.7. The highest BCUT2D eigenvalue weighted by molar-refractivity contribution is 5.12. The Morgan fingerprint density at radius 2 is 2.09 bits per heavy atom. The Labute approximate surface area is 66.6 Å². The van der Waals surface area contributed by atoms with Crippen molar-refractivity contribution in [3.63, 3.8) is 0 Å². The van der Waals surface area contributed by atoms with E-state index < -0.39 is 0 Å². The fourth-order valence-electron chi connectivity index (χ4n) is 2.63. The van der Waals surface area contributed by atoms with Gasteiger partial charge >= 0.3 is 0 Å². The summed E-state index contributed by atoms with van der Waals surface area (Å²) in [5.74, 6) is 1.18. The molecule has 2 nitrogen and oxygen atoms in total. The molecule has 0 amide bonds. The number of nitriles is 1. The molecule has 0 aromatic carbocycles. The first-order valence-electron chi connectivity index (χ1n) is 4.13. The van der Waals surface area contributed by atoms with Crippen LogP contribution in [0.1, 0.15) is 19.3 Å². The first-order chi connectivity index (χ1) is 5.36. The van der Waals surface area contributed by atoms with Crippen LogP contribution in [0.25, 0.3) is 4.85 Å². The predicted octanol–water partition coefficient (Wildman–Crippen LogP) is 1.84. The van der Waals surface area contributed by atoms with Crippen LogP contribution in [0.5, 0.6) is 0 Å². The summed E-state index contributed by atoms with van der Waals surface area (Å²) in [7, 11) is 0. The van der Waals surface area contributed by atoms with Crippen molar-refractivity contribution in [2.24, 2.45) is 17.8 Å². The summed E-state index contributed by atoms with van der Waals surface area (Å²) >= 11 is 0. The number of hydrogen-bond acceptors (Lipinski definition) is 1. The minimum Gasteiger partial charge on any atom is -0.312 e. The Kier molecular flexibility index (Phi) is 1.36. The van der Waals surface area contributed by atoms with Crippen molar-refractivity contribution in [3.05, 3.63) is 11.4 Å². The van der Waals surface area contributed by atoms with E-state index in [-0.39, 0.29) is 12.0 Å². The molecule has 0 spiro atoms. The molecule has 0 aliphatic heterocycles. The molecular weight excluding hydrogens is 136 g/mol. The van der Waals surface area contributed by atoms with Gasteiger partial charge in [0.05, 0.1) is 6.07 Å². The Bertz CT molecular complexity index is 219. The Morgan fingerprint density at radius 3 is 2.64 bits per heavy atom. The van der Waals surface area contributed by atoms with E-state index in [1.54, 1.807) is 0 Å². The minimum absolute atomic E-state index is 0.0405. The van der Waals surface area contributed by atoms with Gasteiger partial charge in [0.25, 0.3) is 0 Å². The van der Waals surface area contributed by atoms with Gasteiger partial charge < -0.3 is 4.85 Å². The molecule has 56 valence electrons. The van der Waals surface area contributed by atoms with Gasteiger partial charge in [0.1, 0.15) is 5.92 Å². The van der Waals surface area contributed by atoms with Crippen LogP contribution in [-0.4, -0.2) is 6.04 Å². The van der Waals surface area contributed by atoms with Crippen LogP contribution in [0.4, 0.5) is 0 Å². The topological polar surface area (TPSA) is 28.1 Å². The van der Waals surface area contributed by atoms with Crippen LogP contribution < -0.4 is 0 Å². The lowest BCUT2D eigenvalue weighted by Gasteiger charge is -2.15. The Morgan fingerprint density at radius 1 is 1.36 bits per heavy atom. The van der Waals surface area contributed by atoms with Gasteiger partial charge in [-0.3, -0.25) is 0 Å². The van der Waals surface area contributed by atoms with E-state index in [4.69, 9.17) is 11.8 Å². The van der Waals surface area contributed by atoms with E-state index in [1.807, 2.05) is 0 Å². The molecule has 4 unspecified atom stereocenters. The van der Waals surface area contributed by atoms with Gasteiger partial charge in [-0.1, -0.05) is 0 Å². The number of nitrogens with zero attached hydrogens (tertiary/aromatic N) is 2. The molecule has 0 saturated heterocycles. The number of hydrogen-bond donors (Lipinski definition) is 0. The molecule has 2 heteroatoms. The van der Waals surface area contributed by atoms with E-state index in [1.165, 1.54) is 12.8 Å². The van der Waals surface area contributed by atoms with Gasteiger partial charge in [-0.2, -0.15) is 5.26 Å². The zero-order chi connectivity index (χ0) is 7.84. The fourth-order valence-corrected chi connectivity index (χ4v) is 2.63. The van der Waals surface area contributed by atoms with E-state index >= 15 is 0 Å². The largest absolute Gasteiger partial charge is 0.312 e. The molecule has 2 aliphatic rings. The predicted molar refractivity (Wildman–Crippen MR) is 40.3 cm³/mol. The lowest BCUT2D eigenvalue weighted by atomic mass is 9.86. The van der Waals surface area contributed by atoms with Gasteiger partial charge in [0, 0.05) is 5.92 Å². The molecular formula is C9H10N2. The third kappa shape index (κ3) is 0.761. The number of rotatable bonds is 0. The second-order valence-electron chi connectivity index (χ2n) is 3.61. The third-order valence-corrected chi connectivity index (χ3v) is 3.17. The first kappa shape index (κ1) is 6.68. The molecule has 2 aliphatic carbocycles. The highest BCUT2D eigenvalue weighted by Crippen LogP contribution is 2.49. The van der Waals surface area contributed by atoms with E-state index in [2.05, 4.69) is 10.9 Å². The molecule has 0 N–H and O–H groups in total. The summed E-state index contributed by atoms with van der Waals surface area (Å²) in [5.41, 5.74) is 0. The minimum atomic E-state index is 0.0405. The smallest absolute Gasteiger partial charge is 0.242 e. The van der Waals surface area contributed by atoms with Crippen LogP contribution in [0, 0.1) is 35.7 Å². The molecule has 2 saturated carbocycles. The van der Waals surface area contributed by atoms with Crippen molar-refractivity contribution in [2.75, 3.05) is 0 Å². The third-order valence-electron chi connectivity index (χ3n) is 3.17. The highest BCUT2D eigenvalue weighted by Gasteiger charge is 2.52. The van der Waals surface area contributed by atoms with Crippen molar-refractivity contribution >= 4 is 0 Å². The quantitative estimate of drug-likeness (QED) is 0.479. The maximum atomic E-state index is 8.80. The molecule has 0 aromatic rings. The van der Waals surface area contributed by atoms with E-state index in [0.717, 1.165) is 6.42 Å². The average Bonchev–Trinajstić information content (AvgIpc) is 2.60. The van der Waals surface area contributed by atoms with Crippen LogP contribution in [0.2, 0.25) is 0 Å². The molecule has 2 fully saturated rings. The molecule has 0 aromatic heterocycles. The van der Waals surface area contributed by atoms with Gasteiger partial charge in [-0.05, 0) is 25.2 Å². The maximum Gasteiger partial charge on any atom is 0.242 e. The van der Waals surface area contributed by atoms with Crippen molar-refractivity contribution in [1.82, 2.24) is 0 Å². The van der Waals surface area contributed by atoms with Crippen LogP contribution in [-0.2, 0) is 0 Å². The van der Waals surface area contributed by atoms with Crippen LogP contribution in [0.3, 0.4) is 0 Å². The van der Waals surface area contributed by atoms with Gasteiger partial charge in [-0.25, -0.2) is 6.57 Å². The molecule has 2 rings (SSSR count). The summed E-state index contributed by atoms with van der Waals surface area (Å²) in [5, 5.41) is 8.80. The molecule has 0 heterocycles. The summed E-state index contributed by atoms with van der Waals surface area (Å²) in [6.07, 6.45) is 3.52. The van der Waals surface area contributed by atoms with Gasteiger partial charge in [0.15, 0.2) is 0 Å². The lowest BCUT2D eigenvalue weighted by molar-refractivity contribution is 0.383. The van der Waals surface area contributed by atoms with Crippen LogP contribution in [0.15, 0.2) is 0 Å². The Hall–Kier alpha value is -1.02. The SMILES string of the molecule is [C-]#[N+]C1C2CCC(C2)C1C#N. The second-order valence-corrected chi connectivity index (χ2v) is 3.61. The summed E-state index contributed by atoms with van der Waals surface area (Å²) < 4.78 is 0. The van der Waals surface area contributed by atoms with Crippen molar-refractivity contribution in [2.45, 2.75) is 25.3 Å². The van der Waals surface area contributed by atoms with Gasteiger partial charge in [-0.15, -0.1) is 0 Å². The van der Waals surface area contributed by atoms with E-state index in [0.29, 0.717) is 11.8 Å². The number of fused-ring (bicyclic) bond motifs is 2. The first-order valence-corrected chi connectivity index (χ1v) is 4.13. The van der Waals surface area contributed by atoms with Crippen molar-refractivity contribution in [1.29, 1.82) is 5.26 Å². The molecule has 2 bridgehead atoms. The van der Waals surface area contributed by atoms with Crippen molar-refractivity contribution < 1.29 is 0 Å². The maximum absolute atomic E-state index is 8.80. The molecule has 4 atom stereocenters. The monoisotopic (exact) mass is 146 g/mol. The average molecular weight is 146 g/mol. The van der Waals surface area contributed by atoms with Gasteiger partial charge in [0.2, 0.25) is 6.04 Å².